The maximum Gasteiger partial charge on any atom is 0.311 e. The van der Waals surface area contributed by atoms with E-state index in [4.69, 9.17) is 9.15 Å². The molecule has 1 aromatic carbocycles. The quantitative estimate of drug-likeness (QED) is 0.790. The normalized spacial score (nSPS) is 19.3. The maximum atomic E-state index is 12.3. The number of carbonyl (C=O) groups is 2. The van der Waals surface area contributed by atoms with Gasteiger partial charge in [0.2, 0.25) is 11.8 Å². The number of rotatable bonds is 4. The first kappa shape index (κ1) is 15.8. The number of anilines is 1. The van der Waals surface area contributed by atoms with Crippen molar-refractivity contribution in [2.75, 3.05) is 11.4 Å². The van der Waals surface area contributed by atoms with Gasteiger partial charge in [-0.15, -0.1) is 10.2 Å². The third kappa shape index (κ3) is 3.14. The molecule has 2 heterocycles. The molecule has 2 aromatic rings. The van der Waals surface area contributed by atoms with E-state index in [1.165, 1.54) is 11.1 Å². The van der Waals surface area contributed by atoms with Gasteiger partial charge >= 0.3 is 5.97 Å². The van der Waals surface area contributed by atoms with Crippen molar-refractivity contribution < 1.29 is 18.7 Å². The van der Waals surface area contributed by atoms with Crippen LogP contribution in [0, 0.1) is 12.8 Å². The summed E-state index contributed by atoms with van der Waals surface area (Å²) in [6.07, 6.45) is 3.49. The number of aromatic nitrogens is 2. The summed E-state index contributed by atoms with van der Waals surface area (Å²) < 4.78 is 10.4. The molecule has 1 fully saturated rings. The molecule has 1 aromatic heterocycles. The van der Waals surface area contributed by atoms with Crippen molar-refractivity contribution in [3.05, 3.63) is 41.1 Å². The predicted molar refractivity (Wildman–Crippen MR) is 87.8 cm³/mol. The Bertz CT molecular complexity index is 829. The summed E-state index contributed by atoms with van der Waals surface area (Å²) in [7, 11) is 0. The zero-order valence-corrected chi connectivity index (χ0v) is 14.0. The third-order valence-electron chi connectivity index (χ3n) is 4.76. The number of esters is 1. The average molecular weight is 341 g/mol. The van der Waals surface area contributed by atoms with E-state index >= 15 is 0 Å². The summed E-state index contributed by atoms with van der Waals surface area (Å²) >= 11 is 0. The SMILES string of the molecule is Cc1nnc(COC(=O)[C@H]2CC(=O)N(c3ccc4c(c3)CCC4)C2)o1. The topological polar surface area (TPSA) is 85.5 Å². The van der Waals surface area contributed by atoms with Crippen molar-refractivity contribution in [3.63, 3.8) is 0 Å². The molecule has 1 amide bonds. The number of benzene rings is 1. The third-order valence-corrected chi connectivity index (χ3v) is 4.76. The first-order chi connectivity index (χ1) is 12.1. The van der Waals surface area contributed by atoms with Gasteiger partial charge < -0.3 is 14.1 Å². The number of fused-ring (bicyclic) bond motifs is 1. The van der Waals surface area contributed by atoms with Crippen LogP contribution in [-0.4, -0.2) is 28.6 Å². The average Bonchev–Trinajstić information content (AvgIpc) is 3.31. The Kier molecular flexibility index (Phi) is 3.99. The first-order valence-corrected chi connectivity index (χ1v) is 8.48. The van der Waals surface area contributed by atoms with E-state index in [0.717, 1.165) is 24.9 Å². The minimum Gasteiger partial charge on any atom is -0.455 e. The minimum absolute atomic E-state index is 0.0477. The van der Waals surface area contributed by atoms with E-state index in [1.54, 1.807) is 11.8 Å². The van der Waals surface area contributed by atoms with Crippen molar-refractivity contribution in [2.24, 2.45) is 5.92 Å². The zero-order valence-electron chi connectivity index (χ0n) is 14.0. The summed E-state index contributed by atoms with van der Waals surface area (Å²) in [5.41, 5.74) is 3.54. The van der Waals surface area contributed by atoms with Gasteiger partial charge in [0.05, 0.1) is 5.92 Å². The number of ether oxygens (including phenoxy) is 1. The van der Waals surface area contributed by atoms with Gasteiger partial charge in [-0.05, 0) is 42.5 Å². The summed E-state index contributed by atoms with van der Waals surface area (Å²) in [4.78, 5) is 26.3. The Morgan fingerprint density at radius 1 is 1.32 bits per heavy atom. The van der Waals surface area contributed by atoms with E-state index in [-0.39, 0.29) is 24.8 Å². The molecule has 7 heteroatoms. The molecule has 0 bridgehead atoms. The number of amides is 1. The second kappa shape index (κ2) is 6.31. The van der Waals surface area contributed by atoms with Crippen LogP contribution >= 0.6 is 0 Å². The van der Waals surface area contributed by atoms with Gasteiger partial charge in [-0.1, -0.05) is 6.07 Å². The van der Waals surface area contributed by atoms with E-state index < -0.39 is 11.9 Å². The highest BCUT2D eigenvalue weighted by atomic mass is 16.5. The summed E-state index contributed by atoms with van der Waals surface area (Å²) in [6, 6.07) is 6.14. The van der Waals surface area contributed by atoms with E-state index in [9.17, 15) is 9.59 Å². The Labute approximate surface area is 145 Å². The molecule has 4 rings (SSSR count). The second-order valence-electron chi connectivity index (χ2n) is 6.53. The molecular weight excluding hydrogens is 322 g/mol. The van der Waals surface area contributed by atoms with Crippen LogP contribution in [0.4, 0.5) is 5.69 Å². The van der Waals surface area contributed by atoms with Gasteiger partial charge in [0, 0.05) is 25.6 Å². The first-order valence-electron chi connectivity index (χ1n) is 8.48. The monoisotopic (exact) mass is 341 g/mol. The van der Waals surface area contributed by atoms with E-state index in [1.807, 2.05) is 6.07 Å². The fourth-order valence-electron chi connectivity index (χ4n) is 3.49. The van der Waals surface area contributed by atoms with Crippen LogP contribution < -0.4 is 4.90 Å². The molecule has 1 aliphatic heterocycles. The fraction of sp³-hybridized carbons (Fsp3) is 0.444. The van der Waals surface area contributed by atoms with Gasteiger partial charge in [0.15, 0.2) is 6.61 Å². The lowest BCUT2D eigenvalue weighted by Crippen LogP contribution is -2.26. The molecule has 0 unspecified atom stereocenters. The van der Waals surface area contributed by atoms with E-state index in [2.05, 4.69) is 22.3 Å². The lowest BCUT2D eigenvalue weighted by Gasteiger charge is -2.17. The van der Waals surface area contributed by atoms with Gasteiger partial charge in [-0.2, -0.15) is 0 Å². The van der Waals surface area contributed by atoms with Crippen LogP contribution in [0.3, 0.4) is 0 Å². The molecule has 1 atom stereocenters. The number of carbonyl (C=O) groups excluding carboxylic acids is 2. The molecule has 25 heavy (non-hydrogen) atoms. The Morgan fingerprint density at radius 2 is 2.16 bits per heavy atom. The maximum absolute atomic E-state index is 12.3. The highest BCUT2D eigenvalue weighted by molar-refractivity contribution is 5.99. The molecule has 0 radical (unpaired) electrons. The van der Waals surface area contributed by atoms with Crippen LogP contribution in [0.5, 0.6) is 0 Å². The molecule has 0 spiro atoms. The van der Waals surface area contributed by atoms with Crippen molar-refractivity contribution in [3.8, 4) is 0 Å². The van der Waals surface area contributed by atoms with Crippen molar-refractivity contribution in [1.29, 1.82) is 0 Å². The van der Waals surface area contributed by atoms with Crippen molar-refractivity contribution in [2.45, 2.75) is 39.2 Å². The van der Waals surface area contributed by atoms with Crippen LogP contribution in [0.15, 0.2) is 22.6 Å². The van der Waals surface area contributed by atoms with E-state index in [0.29, 0.717) is 12.4 Å². The Morgan fingerprint density at radius 3 is 2.96 bits per heavy atom. The van der Waals surface area contributed by atoms with Crippen LogP contribution in [0.25, 0.3) is 0 Å². The standard InChI is InChI=1S/C18H19N3O4/c1-11-19-20-16(25-11)10-24-18(23)14-8-17(22)21(9-14)15-6-5-12-3-2-4-13(12)7-15/h5-7,14H,2-4,8-10H2,1H3/t14-/m0/s1. The van der Waals surface area contributed by atoms with Crippen molar-refractivity contribution >= 4 is 17.6 Å². The molecule has 7 nitrogen and oxygen atoms in total. The molecular formula is C18H19N3O4. The Hall–Kier alpha value is -2.70. The highest BCUT2D eigenvalue weighted by Crippen LogP contribution is 2.31. The van der Waals surface area contributed by atoms with Gasteiger partial charge in [0.1, 0.15) is 0 Å². The van der Waals surface area contributed by atoms with Gasteiger partial charge in [-0.3, -0.25) is 9.59 Å². The van der Waals surface area contributed by atoms with Crippen LogP contribution in [0.1, 0.15) is 35.7 Å². The molecule has 130 valence electrons. The number of aryl methyl sites for hydroxylation is 3. The second-order valence-corrected chi connectivity index (χ2v) is 6.53. The molecule has 0 N–H and O–H groups in total. The lowest BCUT2D eigenvalue weighted by molar-refractivity contribution is -0.150. The van der Waals surface area contributed by atoms with Gasteiger partial charge in [0.25, 0.3) is 5.89 Å². The Balaban J connectivity index is 1.40. The smallest absolute Gasteiger partial charge is 0.311 e. The van der Waals surface area contributed by atoms with Gasteiger partial charge in [-0.25, -0.2) is 0 Å². The highest BCUT2D eigenvalue weighted by Gasteiger charge is 2.36. The fourth-order valence-corrected chi connectivity index (χ4v) is 3.49. The number of nitrogens with zero attached hydrogens (tertiary/aromatic N) is 3. The largest absolute Gasteiger partial charge is 0.455 e. The number of hydrogen-bond acceptors (Lipinski definition) is 6. The summed E-state index contributed by atoms with van der Waals surface area (Å²) in [5, 5.41) is 7.47. The lowest BCUT2D eigenvalue weighted by atomic mass is 10.1. The molecule has 2 aliphatic rings. The molecule has 1 saturated heterocycles. The van der Waals surface area contributed by atoms with Crippen molar-refractivity contribution in [1.82, 2.24) is 10.2 Å². The predicted octanol–water partition coefficient (Wildman–Crippen LogP) is 1.96. The summed E-state index contributed by atoms with van der Waals surface area (Å²) in [5.74, 6) is -0.248. The van der Waals surface area contributed by atoms with Crippen LogP contribution in [-0.2, 0) is 33.8 Å². The van der Waals surface area contributed by atoms with Crippen LogP contribution in [0.2, 0.25) is 0 Å². The summed E-state index contributed by atoms with van der Waals surface area (Å²) in [6.45, 7) is 1.95. The number of hydrogen-bond donors (Lipinski definition) is 0. The molecule has 1 aliphatic carbocycles. The zero-order chi connectivity index (χ0) is 17.4. The minimum atomic E-state index is -0.468. The molecule has 0 saturated carbocycles.